The summed E-state index contributed by atoms with van der Waals surface area (Å²) in [6, 6.07) is 49.9. The Bertz CT molecular complexity index is 1640. The number of allylic oxidation sites excluding steroid dienone is 1. The van der Waals surface area contributed by atoms with E-state index >= 15 is 0 Å². The molecule has 0 saturated carbocycles. The molecule has 0 spiro atoms. The average Bonchev–Trinajstić information content (AvgIpc) is 2.98. The highest BCUT2D eigenvalue weighted by Crippen LogP contribution is 2.54. The number of rotatable bonds is 8. The molecule has 6 rings (SSSR count). The highest BCUT2D eigenvalue weighted by atomic mass is 31.2. The van der Waals surface area contributed by atoms with Crippen molar-refractivity contribution in [3.8, 4) is 11.5 Å². The van der Waals surface area contributed by atoms with Crippen LogP contribution in [0.2, 0.25) is 0 Å². The molecule has 0 fully saturated rings. The van der Waals surface area contributed by atoms with Crippen LogP contribution in [-0.2, 0) is 0 Å². The van der Waals surface area contributed by atoms with Crippen molar-refractivity contribution < 1.29 is 9.05 Å². The Hall–Kier alpha value is -4.39. The van der Waals surface area contributed by atoms with E-state index in [4.69, 9.17) is 9.05 Å². The Labute approximate surface area is 224 Å². The van der Waals surface area contributed by atoms with Gasteiger partial charge in [0.15, 0.2) is 0 Å². The summed E-state index contributed by atoms with van der Waals surface area (Å²) in [7, 11) is -1.43. The van der Waals surface area contributed by atoms with Crippen LogP contribution >= 0.6 is 8.38 Å². The van der Waals surface area contributed by atoms with E-state index in [9.17, 15) is 0 Å². The smallest absolute Gasteiger partial charge is 0.302 e. The molecule has 184 valence electrons. The van der Waals surface area contributed by atoms with E-state index in [2.05, 4.69) is 97.1 Å². The first-order valence-electron chi connectivity index (χ1n) is 12.7. The van der Waals surface area contributed by atoms with Crippen LogP contribution in [0.25, 0.3) is 27.6 Å². The maximum atomic E-state index is 6.60. The van der Waals surface area contributed by atoms with E-state index < -0.39 is 8.38 Å². The molecule has 1 atom stereocenters. The molecule has 0 radical (unpaired) electrons. The number of hydrogen-bond donors (Lipinski definition) is 0. The fraction of sp³-hybridized carbons (Fsp3) is 0.0286. The van der Waals surface area contributed by atoms with Crippen molar-refractivity contribution in [3.05, 3.63) is 163 Å². The Morgan fingerprint density at radius 3 is 1.58 bits per heavy atom. The molecule has 0 N–H and O–H groups in total. The topological polar surface area (TPSA) is 18.5 Å². The summed E-state index contributed by atoms with van der Waals surface area (Å²) in [6.07, 6.45) is 4.41. The van der Waals surface area contributed by atoms with Gasteiger partial charge in [0.25, 0.3) is 0 Å². The first kappa shape index (κ1) is 24.0. The molecule has 0 saturated heterocycles. The first-order valence-corrected chi connectivity index (χ1v) is 14.0. The van der Waals surface area contributed by atoms with E-state index in [-0.39, 0.29) is 5.66 Å². The van der Waals surface area contributed by atoms with Crippen molar-refractivity contribution in [1.82, 2.24) is 0 Å². The van der Waals surface area contributed by atoms with Crippen LogP contribution < -0.4 is 9.05 Å². The molecule has 0 aliphatic carbocycles. The average molecular weight is 511 g/mol. The zero-order valence-electron chi connectivity index (χ0n) is 20.9. The third-order valence-electron chi connectivity index (χ3n) is 6.46. The number of hydrogen-bond acceptors (Lipinski definition) is 2. The van der Waals surface area contributed by atoms with Gasteiger partial charge in [0.2, 0.25) is 0 Å². The summed E-state index contributed by atoms with van der Waals surface area (Å²) in [5, 5.41) is 4.87. The summed E-state index contributed by atoms with van der Waals surface area (Å²) in [4.78, 5) is 0. The number of benzene rings is 6. The molecule has 0 aliphatic heterocycles. The molecule has 6 aromatic rings. The maximum Gasteiger partial charge on any atom is 0.302 e. The van der Waals surface area contributed by atoms with Crippen LogP contribution in [0.3, 0.4) is 0 Å². The van der Waals surface area contributed by atoms with Gasteiger partial charge in [0.1, 0.15) is 11.5 Å². The van der Waals surface area contributed by atoms with Crippen molar-refractivity contribution in [2.24, 2.45) is 0 Å². The van der Waals surface area contributed by atoms with Crippen molar-refractivity contribution >= 4 is 36.0 Å². The van der Waals surface area contributed by atoms with Gasteiger partial charge in [-0.3, -0.25) is 0 Å². The maximum absolute atomic E-state index is 6.60. The summed E-state index contributed by atoms with van der Waals surface area (Å²) >= 11 is 0. The van der Waals surface area contributed by atoms with Gasteiger partial charge < -0.3 is 9.05 Å². The predicted octanol–water partition coefficient (Wildman–Crippen LogP) is 10.2. The van der Waals surface area contributed by atoms with Gasteiger partial charge in [-0.05, 0) is 69.1 Å². The van der Waals surface area contributed by atoms with Crippen molar-refractivity contribution in [3.63, 3.8) is 0 Å². The van der Waals surface area contributed by atoms with Gasteiger partial charge in [-0.25, -0.2) is 0 Å². The minimum absolute atomic E-state index is 0.110. The van der Waals surface area contributed by atoms with E-state index in [1.807, 2.05) is 60.7 Å². The minimum atomic E-state index is -1.43. The third kappa shape index (κ3) is 5.62. The van der Waals surface area contributed by atoms with Gasteiger partial charge in [-0.2, -0.15) is 0 Å². The highest BCUT2D eigenvalue weighted by molar-refractivity contribution is 7.48. The normalized spacial score (nSPS) is 12.2. The largest absolute Gasteiger partial charge is 0.438 e. The van der Waals surface area contributed by atoms with Gasteiger partial charge >= 0.3 is 8.38 Å². The molecule has 6 aromatic carbocycles. The predicted molar refractivity (Wildman–Crippen MR) is 161 cm³/mol. The quantitative estimate of drug-likeness (QED) is 0.190. The molecule has 0 heterocycles. The standard InChI is InChI=1S/C35H27O2P/c1-3-15-33(16-4-1)36-38(37-34-17-5-2-6-18-34)35(32-23-22-29-12-8-10-14-31(29)26-32)24-20-27-19-21-28-11-7-9-13-30(28)25-27/h1-26,35H/b24-20+. The fourth-order valence-electron chi connectivity index (χ4n) is 4.51. The number of fused-ring (bicyclic) bond motifs is 2. The fourth-order valence-corrected chi connectivity index (χ4v) is 6.07. The zero-order valence-corrected chi connectivity index (χ0v) is 21.7. The van der Waals surface area contributed by atoms with Crippen LogP contribution in [0.5, 0.6) is 11.5 Å². The summed E-state index contributed by atoms with van der Waals surface area (Å²) < 4.78 is 13.2. The second kappa shape index (κ2) is 11.3. The monoisotopic (exact) mass is 510 g/mol. The summed E-state index contributed by atoms with van der Waals surface area (Å²) in [5.74, 6) is 1.58. The Morgan fingerprint density at radius 2 is 0.974 bits per heavy atom. The van der Waals surface area contributed by atoms with Crippen LogP contribution in [-0.4, -0.2) is 0 Å². The van der Waals surface area contributed by atoms with E-state index in [1.54, 1.807) is 0 Å². The van der Waals surface area contributed by atoms with Gasteiger partial charge in [-0.15, -0.1) is 0 Å². The summed E-state index contributed by atoms with van der Waals surface area (Å²) in [6.45, 7) is 0. The van der Waals surface area contributed by atoms with Crippen LogP contribution in [0, 0.1) is 0 Å². The minimum Gasteiger partial charge on any atom is -0.438 e. The lowest BCUT2D eigenvalue weighted by molar-refractivity contribution is 0.482. The van der Waals surface area contributed by atoms with Crippen LogP contribution in [0.15, 0.2) is 152 Å². The van der Waals surface area contributed by atoms with Crippen LogP contribution in [0.1, 0.15) is 16.8 Å². The van der Waals surface area contributed by atoms with E-state index in [0.717, 1.165) is 22.6 Å². The van der Waals surface area contributed by atoms with Gasteiger partial charge in [0.05, 0.1) is 5.66 Å². The Morgan fingerprint density at radius 1 is 0.474 bits per heavy atom. The van der Waals surface area contributed by atoms with Crippen molar-refractivity contribution in [2.75, 3.05) is 0 Å². The molecule has 0 bridgehead atoms. The van der Waals surface area contributed by atoms with Crippen molar-refractivity contribution in [1.29, 1.82) is 0 Å². The second-order valence-corrected chi connectivity index (χ2v) is 10.6. The Balaban J connectivity index is 1.43. The SMILES string of the molecule is C(=C\C(c1ccc2ccccc2c1)P(Oc1ccccc1)Oc1ccccc1)/c1ccc2ccccc2c1. The zero-order chi connectivity index (χ0) is 25.6. The lowest BCUT2D eigenvalue weighted by Crippen LogP contribution is -2.05. The molecule has 0 aromatic heterocycles. The third-order valence-corrected chi connectivity index (χ3v) is 8.17. The second-order valence-electron chi connectivity index (χ2n) is 9.11. The molecule has 2 nitrogen and oxygen atoms in total. The highest BCUT2D eigenvalue weighted by Gasteiger charge is 2.28. The molecular formula is C35H27O2P. The van der Waals surface area contributed by atoms with E-state index in [1.165, 1.54) is 21.5 Å². The molecule has 0 aliphatic rings. The van der Waals surface area contributed by atoms with Gasteiger partial charge in [-0.1, -0.05) is 121 Å². The Kier molecular flexibility index (Phi) is 7.15. The lowest BCUT2D eigenvalue weighted by atomic mass is 10.0. The molecular weight excluding hydrogens is 483 g/mol. The van der Waals surface area contributed by atoms with Gasteiger partial charge in [0, 0.05) is 0 Å². The lowest BCUT2D eigenvalue weighted by Gasteiger charge is -2.25. The molecule has 1 unspecified atom stereocenters. The molecule has 38 heavy (non-hydrogen) atoms. The first-order chi connectivity index (χ1) is 18.8. The summed E-state index contributed by atoms with van der Waals surface area (Å²) in [5.41, 5.74) is 2.18. The van der Waals surface area contributed by atoms with E-state index in [0.29, 0.717) is 0 Å². The number of para-hydroxylation sites is 2. The molecule has 0 amide bonds. The van der Waals surface area contributed by atoms with Crippen LogP contribution in [0.4, 0.5) is 0 Å². The van der Waals surface area contributed by atoms with Crippen molar-refractivity contribution in [2.45, 2.75) is 5.66 Å². The molecule has 3 heteroatoms.